The number of rotatable bonds is 8. The van der Waals surface area contributed by atoms with E-state index < -0.39 is 10.5 Å². The summed E-state index contributed by atoms with van der Waals surface area (Å²) < 4.78 is 1.82. The van der Waals surface area contributed by atoms with E-state index in [1.807, 2.05) is 18.3 Å². The van der Waals surface area contributed by atoms with Crippen LogP contribution in [-0.2, 0) is 9.59 Å². The number of para-hydroxylation sites is 1. The summed E-state index contributed by atoms with van der Waals surface area (Å²) in [5.74, 6) is 1.96. The summed E-state index contributed by atoms with van der Waals surface area (Å²) in [5.41, 5.74) is 4.70. The molecule has 3 N–H and O–H groups in total. The van der Waals surface area contributed by atoms with E-state index in [1.165, 1.54) is 30.9 Å². The van der Waals surface area contributed by atoms with Crippen molar-refractivity contribution in [1.29, 1.82) is 0 Å². The molecule has 8 nitrogen and oxygen atoms in total. The molecule has 3 rings (SSSR count). The van der Waals surface area contributed by atoms with Gasteiger partial charge in [-0.25, -0.2) is 4.31 Å². The fraction of sp³-hybridized carbons (Fsp3) is 0.680. The van der Waals surface area contributed by atoms with Crippen molar-refractivity contribution < 1.29 is 14.5 Å². The third-order valence-corrected chi connectivity index (χ3v) is 8.82. The minimum absolute atomic E-state index is 0.0580. The molecule has 2 bridgehead atoms. The predicted octanol–water partition coefficient (Wildman–Crippen LogP) is 4.42. The number of fused-ring (bicyclic) bond motifs is 2. The number of nitro benzene ring substituents is 1. The van der Waals surface area contributed by atoms with Crippen molar-refractivity contribution in [1.82, 2.24) is 9.62 Å². The third-order valence-electron chi connectivity index (χ3n) is 7.33. The Labute approximate surface area is 207 Å². The highest BCUT2D eigenvalue weighted by atomic mass is 32.2. The average molecular weight is 493 g/mol. The van der Waals surface area contributed by atoms with Crippen molar-refractivity contribution in [3.05, 3.63) is 34.4 Å². The zero-order valence-electron chi connectivity index (χ0n) is 21.2. The van der Waals surface area contributed by atoms with Gasteiger partial charge >= 0.3 is 0 Å². The van der Waals surface area contributed by atoms with Crippen molar-refractivity contribution in [2.75, 3.05) is 13.6 Å². The Balaban J connectivity index is 0.000000241. The highest BCUT2D eigenvalue weighted by Crippen LogP contribution is 2.50. The number of carbonyl (C=O) groups is 2. The number of hydrogen-bond acceptors (Lipinski definition) is 7. The Morgan fingerprint density at radius 1 is 1.35 bits per heavy atom. The Morgan fingerprint density at radius 3 is 2.53 bits per heavy atom. The van der Waals surface area contributed by atoms with Gasteiger partial charge < -0.3 is 15.8 Å². The van der Waals surface area contributed by atoms with Gasteiger partial charge in [-0.3, -0.25) is 14.9 Å². The number of nitro groups is 1. The first-order valence-corrected chi connectivity index (χ1v) is 12.8. The summed E-state index contributed by atoms with van der Waals surface area (Å²) >= 11 is 1.24. The van der Waals surface area contributed by atoms with Gasteiger partial charge in [-0.15, -0.1) is 0 Å². The molecule has 2 fully saturated rings. The lowest BCUT2D eigenvalue weighted by Crippen LogP contribution is -2.52. The van der Waals surface area contributed by atoms with Gasteiger partial charge in [-0.05, 0) is 82.3 Å². The average Bonchev–Trinajstić information content (AvgIpc) is 2.77. The van der Waals surface area contributed by atoms with Crippen molar-refractivity contribution >= 4 is 29.8 Å². The van der Waals surface area contributed by atoms with Crippen LogP contribution >= 0.6 is 11.9 Å². The maximum atomic E-state index is 11.6. The summed E-state index contributed by atoms with van der Waals surface area (Å²) in [5, 5.41) is 14.3. The molecule has 0 aliphatic heterocycles. The van der Waals surface area contributed by atoms with Crippen LogP contribution in [0.2, 0.25) is 0 Å². The van der Waals surface area contributed by atoms with Crippen molar-refractivity contribution in [3.63, 3.8) is 0 Å². The monoisotopic (exact) mass is 492 g/mol. The molecular formula is C25H40N4O4S. The van der Waals surface area contributed by atoms with Crippen LogP contribution in [0.15, 0.2) is 29.2 Å². The summed E-state index contributed by atoms with van der Waals surface area (Å²) in [4.78, 5) is 33.7. The van der Waals surface area contributed by atoms with Gasteiger partial charge in [0.15, 0.2) is 0 Å². The van der Waals surface area contributed by atoms with Gasteiger partial charge in [-0.2, -0.15) is 0 Å². The number of amides is 1. The van der Waals surface area contributed by atoms with Gasteiger partial charge in [-0.1, -0.05) is 32.9 Å². The standard InChI is InChI=1S/C13H24N2O.C12H16N2O3S/c1-8-4-9-5-10(11(8)15-3)7-13(2,6-9)12(14)16;1-4-13(12(2,3)9-15)18-11-8-6-5-7-10(11)14(16)17/h8-11,15H,4-7H2,1-3H3,(H2,14,16);5-9H,4H2,1-3H3. The normalized spacial score (nSPS) is 28.6. The van der Waals surface area contributed by atoms with Gasteiger partial charge in [0.1, 0.15) is 11.2 Å². The van der Waals surface area contributed by atoms with E-state index in [-0.39, 0.29) is 17.0 Å². The summed E-state index contributed by atoms with van der Waals surface area (Å²) in [6.45, 7) is 10.5. The van der Waals surface area contributed by atoms with E-state index in [0.717, 1.165) is 25.0 Å². The van der Waals surface area contributed by atoms with Crippen LogP contribution in [0.4, 0.5) is 5.69 Å². The van der Waals surface area contributed by atoms with Gasteiger partial charge in [0.25, 0.3) is 5.69 Å². The predicted molar refractivity (Wildman–Crippen MR) is 136 cm³/mol. The number of carbonyl (C=O) groups excluding carboxylic acids is 2. The zero-order chi connectivity index (χ0) is 25.7. The van der Waals surface area contributed by atoms with Crippen LogP contribution < -0.4 is 11.1 Å². The lowest BCUT2D eigenvalue weighted by atomic mass is 9.57. The number of hydrogen-bond donors (Lipinski definition) is 2. The summed E-state index contributed by atoms with van der Waals surface area (Å²) in [6, 6.07) is 7.09. The second-order valence-corrected chi connectivity index (χ2v) is 11.6. The van der Waals surface area contributed by atoms with E-state index in [9.17, 15) is 19.7 Å². The quantitative estimate of drug-likeness (QED) is 0.239. The number of likely N-dealkylation sites (N-methyl/N-ethyl adjacent to an activating group) is 1. The van der Waals surface area contributed by atoms with E-state index in [0.29, 0.717) is 29.3 Å². The lowest BCUT2D eigenvalue weighted by molar-refractivity contribution is -0.387. The molecule has 2 aliphatic carbocycles. The van der Waals surface area contributed by atoms with E-state index in [2.05, 4.69) is 19.2 Å². The first-order chi connectivity index (χ1) is 15.9. The van der Waals surface area contributed by atoms with Crippen LogP contribution in [0.5, 0.6) is 0 Å². The number of nitrogens with zero attached hydrogens (tertiary/aromatic N) is 2. The fourth-order valence-electron chi connectivity index (χ4n) is 5.66. The molecule has 0 heterocycles. The Hall–Kier alpha value is -1.97. The minimum Gasteiger partial charge on any atom is -0.369 e. The largest absolute Gasteiger partial charge is 0.369 e. The summed E-state index contributed by atoms with van der Waals surface area (Å²) in [6.07, 6.45) is 5.33. The SMILES string of the molecule is CCN(Sc1ccccc1[N+](=O)[O-])C(C)(C)C=O.CNC1C(C)CC2CC1CC(C)(C(N)=O)C2. The Bertz CT molecular complexity index is 878. The number of aldehydes is 1. The molecule has 34 heavy (non-hydrogen) atoms. The zero-order valence-corrected chi connectivity index (χ0v) is 22.1. The molecule has 2 saturated carbocycles. The van der Waals surface area contributed by atoms with Gasteiger partial charge in [0.2, 0.25) is 5.91 Å². The first kappa shape index (κ1) is 28.3. The van der Waals surface area contributed by atoms with Gasteiger partial charge in [0.05, 0.1) is 10.5 Å². The van der Waals surface area contributed by atoms with Crippen LogP contribution in [-0.4, -0.2) is 46.6 Å². The second kappa shape index (κ2) is 11.6. The number of nitrogens with one attached hydrogen (secondary N) is 1. The molecule has 2 aliphatic rings. The summed E-state index contributed by atoms with van der Waals surface area (Å²) in [7, 11) is 2.04. The van der Waals surface area contributed by atoms with Crippen LogP contribution in [0, 0.1) is 33.3 Å². The van der Waals surface area contributed by atoms with Crippen molar-refractivity contribution in [3.8, 4) is 0 Å². The maximum Gasteiger partial charge on any atom is 0.284 e. The molecule has 5 atom stereocenters. The first-order valence-electron chi connectivity index (χ1n) is 12.0. The second-order valence-electron chi connectivity index (χ2n) is 10.5. The van der Waals surface area contributed by atoms with E-state index >= 15 is 0 Å². The van der Waals surface area contributed by atoms with E-state index in [1.54, 1.807) is 32.0 Å². The molecule has 0 radical (unpaired) electrons. The van der Waals surface area contributed by atoms with Crippen LogP contribution in [0.3, 0.4) is 0 Å². The highest BCUT2D eigenvalue weighted by molar-refractivity contribution is 7.97. The van der Waals surface area contributed by atoms with Gasteiger partial charge in [0, 0.05) is 24.1 Å². The third kappa shape index (κ3) is 6.58. The molecule has 9 heteroatoms. The number of benzene rings is 1. The van der Waals surface area contributed by atoms with Crippen molar-refractivity contribution in [2.24, 2.45) is 28.9 Å². The molecule has 1 amide bonds. The van der Waals surface area contributed by atoms with Crippen LogP contribution in [0.1, 0.15) is 60.3 Å². The van der Waals surface area contributed by atoms with Crippen LogP contribution in [0.25, 0.3) is 0 Å². The molecule has 0 aromatic heterocycles. The molecule has 0 saturated heterocycles. The Kier molecular flexibility index (Phi) is 9.68. The van der Waals surface area contributed by atoms with Crippen molar-refractivity contribution in [2.45, 2.75) is 76.8 Å². The molecule has 0 spiro atoms. The highest BCUT2D eigenvalue weighted by Gasteiger charge is 2.47. The maximum absolute atomic E-state index is 11.6. The number of primary amides is 1. The molecule has 1 aromatic carbocycles. The Morgan fingerprint density at radius 2 is 2.00 bits per heavy atom. The smallest absolute Gasteiger partial charge is 0.284 e. The topological polar surface area (TPSA) is 119 Å². The van der Waals surface area contributed by atoms with E-state index in [4.69, 9.17) is 5.73 Å². The molecule has 1 aromatic rings. The fourth-order valence-corrected chi connectivity index (χ4v) is 6.68. The minimum atomic E-state index is -0.664. The number of nitrogens with two attached hydrogens (primary N) is 1. The molecular weight excluding hydrogens is 452 g/mol. The molecule has 190 valence electrons. The lowest BCUT2D eigenvalue weighted by Gasteiger charge is -2.49. The molecule has 5 unspecified atom stereocenters.